The quantitative estimate of drug-likeness (QED) is 0.703. The first-order valence-corrected chi connectivity index (χ1v) is 8.45. The van der Waals surface area contributed by atoms with Crippen molar-refractivity contribution >= 4 is 34.8 Å². The molecule has 3 heterocycles. The first-order chi connectivity index (χ1) is 13.1. The number of nitrogens with one attached hydrogen (secondary N) is 1. The molecule has 3 aromatic rings. The zero-order chi connectivity index (χ0) is 18.8. The Hall–Kier alpha value is -3.45. The van der Waals surface area contributed by atoms with Crippen LogP contribution in [0.1, 0.15) is 10.4 Å². The number of benzene rings is 1. The standard InChI is InChI=1S/C19H13ClN4O3/c20-17-13(6-3-9-21-17)23-16(25)11-24-14-7-4-10-22-18(14)27-15-8-2-1-5-12(15)19(24)26/h1-10H,11H2,(H,23,25). The van der Waals surface area contributed by atoms with Crippen LogP contribution in [0, 0.1) is 0 Å². The zero-order valence-electron chi connectivity index (χ0n) is 13.9. The molecule has 1 aliphatic rings. The van der Waals surface area contributed by atoms with E-state index in [4.69, 9.17) is 16.3 Å². The summed E-state index contributed by atoms with van der Waals surface area (Å²) in [5.41, 5.74) is 1.13. The van der Waals surface area contributed by atoms with Gasteiger partial charge in [-0.25, -0.2) is 9.97 Å². The smallest absolute Gasteiger partial charge is 0.262 e. The van der Waals surface area contributed by atoms with Gasteiger partial charge in [-0.2, -0.15) is 0 Å². The van der Waals surface area contributed by atoms with Crippen LogP contribution in [0.3, 0.4) is 0 Å². The highest BCUT2D eigenvalue weighted by Gasteiger charge is 2.30. The fraction of sp³-hybridized carbons (Fsp3) is 0.0526. The molecule has 0 radical (unpaired) electrons. The molecule has 0 fully saturated rings. The number of anilines is 2. The molecule has 2 amide bonds. The Morgan fingerprint density at radius 1 is 1.07 bits per heavy atom. The summed E-state index contributed by atoms with van der Waals surface area (Å²) in [5.74, 6) is -0.138. The second-order valence-corrected chi connectivity index (χ2v) is 6.07. The minimum absolute atomic E-state index is 0.170. The Labute approximate surface area is 159 Å². The third-order valence-electron chi connectivity index (χ3n) is 3.95. The molecule has 0 saturated heterocycles. The van der Waals surface area contributed by atoms with Crippen LogP contribution in [0.15, 0.2) is 60.9 Å². The summed E-state index contributed by atoms with van der Waals surface area (Å²) >= 11 is 5.98. The molecule has 0 spiro atoms. The van der Waals surface area contributed by atoms with Gasteiger partial charge in [0.25, 0.3) is 5.91 Å². The summed E-state index contributed by atoms with van der Waals surface area (Å²) in [6, 6.07) is 13.5. The van der Waals surface area contributed by atoms with Gasteiger partial charge in [-0.3, -0.25) is 14.5 Å². The maximum atomic E-state index is 13.1. The van der Waals surface area contributed by atoms with Crippen molar-refractivity contribution in [2.45, 2.75) is 0 Å². The maximum absolute atomic E-state index is 13.1. The van der Waals surface area contributed by atoms with Gasteiger partial charge >= 0.3 is 0 Å². The van der Waals surface area contributed by atoms with Gasteiger partial charge in [0.1, 0.15) is 18.0 Å². The molecule has 0 aliphatic carbocycles. The van der Waals surface area contributed by atoms with Gasteiger partial charge in [0.2, 0.25) is 11.8 Å². The number of hydrogen-bond acceptors (Lipinski definition) is 5. The van der Waals surface area contributed by atoms with Gasteiger partial charge in [0.15, 0.2) is 5.15 Å². The lowest BCUT2D eigenvalue weighted by Gasteiger charge is -2.21. The van der Waals surface area contributed by atoms with Crippen LogP contribution in [0.2, 0.25) is 5.15 Å². The second kappa shape index (κ2) is 7.05. The van der Waals surface area contributed by atoms with Crippen molar-refractivity contribution in [1.82, 2.24) is 9.97 Å². The SMILES string of the molecule is O=C(CN1C(=O)c2ccccc2Oc2ncccc21)Nc1cccnc1Cl. The van der Waals surface area contributed by atoms with Crippen LogP contribution >= 0.6 is 11.6 Å². The van der Waals surface area contributed by atoms with E-state index in [-0.39, 0.29) is 23.5 Å². The Bertz CT molecular complexity index is 1040. The van der Waals surface area contributed by atoms with Crippen LogP contribution in [0.5, 0.6) is 11.6 Å². The van der Waals surface area contributed by atoms with E-state index in [1.165, 1.54) is 11.1 Å². The summed E-state index contributed by atoms with van der Waals surface area (Å²) in [7, 11) is 0. The van der Waals surface area contributed by atoms with E-state index in [1.807, 2.05) is 0 Å². The van der Waals surface area contributed by atoms with Crippen molar-refractivity contribution in [3.05, 3.63) is 71.6 Å². The fourth-order valence-corrected chi connectivity index (χ4v) is 2.89. The number of rotatable bonds is 3. The van der Waals surface area contributed by atoms with Crippen molar-refractivity contribution in [2.75, 3.05) is 16.8 Å². The summed E-state index contributed by atoms with van der Waals surface area (Å²) in [6.45, 7) is -0.236. The van der Waals surface area contributed by atoms with E-state index in [9.17, 15) is 9.59 Å². The van der Waals surface area contributed by atoms with E-state index in [0.717, 1.165) is 0 Å². The monoisotopic (exact) mass is 380 g/mol. The number of ether oxygens (including phenoxy) is 1. The van der Waals surface area contributed by atoms with Crippen LogP contribution in [-0.2, 0) is 4.79 Å². The summed E-state index contributed by atoms with van der Waals surface area (Å²) in [6.07, 6.45) is 3.08. The molecule has 1 aromatic carbocycles. The number of amides is 2. The molecule has 2 aromatic heterocycles. The minimum Gasteiger partial charge on any atom is -0.436 e. The van der Waals surface area contributed by atoms with E-state index >= 15 is 0 Å². The third kappa shape index (κ3) is 3.32. The van der Waals surface area contributed by atoms with E-state index in [1.54, 1.807) is 54.7 Å². The highest BCUT2D eigenvalue weighted by atomic mass is 35.5. The van der Waals surface area contributed by atoms with Crippen molar-refractivity contribution in [3.63, 3.8) is 0 Å². The van der Waals surface area contributed by atoms with Crippen molar-refractivity contribution in [2.24, 2.45) is 0 Å². The number of halogens is 1. The van der Waals surface area contributed by atoms with Crippen molar-refractivity contribution in [3.8, 4) is 11.6 Å². The Morgan fingerprint density at radius 3 is 2.70 bits per heavy atom. The molecule has 0 bridgehead atoms. The van der Waals surface area contributed by atoms with Gasteiger partial charge in [0, 0.05) is 12.4 Å². The summed E-state index contributed by atoms with van der Waals surface area (Å²) in [4.78, 5) is 35.0. The average Bonchev–Trinajstić information content (AvgIpc) is 2.79. The molecule has 134 valence electrons. The number of hydrogen-bond donors (Lipinski definition) is 1. The molecule has 0 saturated carbocycles. The fourth-order valence-electron chi connectivity index (χ4n) is 2.73. The molecule has 0 atom stereocenters. The van der Waals surface area contributed by atoms with Gasteiger partial charge in [0.05, 0.1) is 11.3 Å². The molecule has 8 heteroatoms. The maximum Gasteiger partial charge on any atom is 0.262 e. The Balaban J connectivity index is 1.67. The predicted molar refractivity (Wildman–Crippen MR) is 100 cm³/mol. The average molecular weight is 381 g/mol. The Morgan fingerprint density at radius 2 is 1.85 bits per heavy atom. The number of carbonyl (C=O) groups excluding carboxylic acids is 2. The second-order valence-electron chi connectivity index (χ2n) is 5.71. The molecule has 27 heavy (non-hydrogen) atoms. The van der Waals surface area contributed by atoms with Gasteiger partial charge in [-0.05, 0) is 36.4 Å². The number of aromatic nitrogens is 2. The van der Waals surface area contributed by atoms with Crippen molar-refractivity contribution in [1.29, 1.82) is 0 Å². The molecular formula is C19H13ClN4O3. The van der Waals surface area contributed by atoms with E-state index < -0.39 is 5.91 Å². The lowest BCUT2D eigenvalue weighted by atomic mass is 10.1. The first kappa shape index (κ1) is 17.0. The van der Waals surface area contributed by atoms with Crippen molar-refractivity contribution < 1.29 is 14.3 Å². The molecule has 0 unspecified atom stereocenters. The number of carbonyl (C=O) groups is 2. The summed E-state index contributed by atoms with van der Waals surface area (Å²) < 4.78 is 5.79. The zero-order valence-corrected chi connectivity index (χ0v) is 14.7. The van der Waals surface area contributed by atoms with Crippen LogP contribution in [-0.4, -0.2) is 28.3 Å². The minimum atomic E-state index is -0.424. The lowest BCUT2D eigenvalue weighted by molar-refractivity contribution is -0.114. The number of nitrogens with zero attached hydrogens (tertiary/aromatic N) is 3. The predicted octanol–water partition coefficient (Wildman–Crippen LogP) is 3.52. The normalized spacial score (nSPS) is 12.5. The number of pyridine rings is 2. The van der Waals surface area contributed by atoms with E-state index in [2.05, 4.69) is 15.3 Å². The molecule has 1 N–H and O–H groups in total. The van der Waals surface area contributed by atoms with Crippen LogP contribution < -0.4 is 15.0 Å². The molecule has 4 rings (SSSR count). The lowest BCUT2D eigenvalue weighted by Crippen LogP contribution is -2.37. The highest BCUT2D eigenvalue weighted by Crippen LogP contribution is 2.36. The largest absolute Gasteiger partial charge is 0.436 e. The van der Waals surface area contributed by atoms with Gasteiger partial charge < -0.3 is 10.1 Å². The summed E-state index contributed by atoms with van der Waals surface area (Å²) in [5, 5.41) is 2.83. The number of para-hydroxylation sites is 1. The van der Waals surface area contributed by atoms with Gasteiger partial charge in [-0.15, -0.1) is 0 Å². The topological polar surface area (TPSA) is 84.4 Å². The van der Waals surface area contributed by atoms with Crippen LogP contribution in [0.25, 0.3) is 0 Å². The Kier molecular flexibility index (Phi) is 4.43. The number of fused-ring (bicyclic) bond motifs is 2. The highest BCUT2D eigenvalue weighted by molar-refractivity contribution is 6.32. The van der Waals surface area contributed by atoms with E-state index in [0.29, 0.717) is 22.7 Å². The van der Waals surface area contributed by atoms with Crippen LogP contribution in [0.4, 0.5) is 11.4 Å². The molecule has 1 aliphatic heterocycles. The molecule has 7 nitrogen and oxygen atoms in total. The third-order valence-corrected chi connectivity index (χ3v) is 4.25. The first-order valence-electron chi connectivity index (χ1n) is 8.07. The molecular weight excluding hydrogens is 368 g/mol. The van der Waals surface area contributed by atoms with Gasteiger partial charge in [-0.1, -0.05) is 23.7 Å².